The Labute approximate surface area is 213 Å². The second-order valence-electron chi connectivity index (χ2n) is 7.90. The number of methoxy groups -OCH3 is 3. The fraction of sp³-hybridized carbons (Fsp3) is 0.958. The van der Waals surface area contributed by atoms with Crippen molar-refractivity contribution in [2.75, 3.05) is 94.0 Å². The number of carbonyl (C=O) groups excluding carboxylic acids is 1. The molecular formula is C24H50O10Si. The van der Waals surface area contributed by atoms with E-state index in [-0.39, 0.29) is 31.3 Å². The van der Waals surface area contributed by atoms with Gasteiger partial charge in [-0.1, -0.05) is 33.1 Å². The lowest BCUT2D eigenvalue weighted by Crippen LogP contribution is -2.56. The first-order valence-corrected chi connectivity index (χ1v) is 14.5. The van der Waals surface area contributed by atoms with E-state index < -0.39 is 8.80 Å². The minimum atomic E-state index is -3.70. The summed E-state index contributed by atoms with van der Waals surface area (Å²) in [6, 6.07) is 0. The lowest BCUT2D eigenvalue weighted by molar-refractivity contribution is -0.121. The van der Waals surface area contributed by atoms with Gasteiger partial charge in [0.25, 0.3) is 0 Å². The minimum absolute atomic E-state index is 0.117. The molecule has 0 aliphatic heterocycles. The average molecular weight is 527 g/mol. The molecule has 10 nitrogen and oxygen atoms in total. The van der Waals surface area contributed by atoms with Crippen LogP contribution < -0.4 is 0 Å². The van der Waals surface area contributed by atoms with Crippen LogP contribution in [0.25, 0.3) is 0 Å². The summed E-state index contributed by atoms with van der Waals surface area (Å²) >= 11 is 0. The number of rotatable bonds is 28. The van der Waals surface area contributed by atoms with Crippen molar-refractivity contribution < 1.29 is 46.5 Å². The van der Waals surface area contributed by atoms with E-state index >= 15 is 0 Å². The van der Waals surface area contributed by atoms with Crippen LogP contribution in [0.5, 0.6) is 0 Å². The van der Waals surface area contributed by atoms with E-state index in [1.165, 1.54) is 0 Å². The minimum Gasteiger partial charge on any atom is -0.382 e. The molecule has 1 atom stereocenters. The fourth-order valence-electron chi connectivity index (χ4n) is 2.98. The molecule has 0 aliphatic carbocycles. The predicted octanol–water partition coefficient (Wildman–Crippen LogP) is 2.82. The highest BCUT2D eigenvalue weighted by molar-refractivity contribution is 6.92. The summed E-state index contributed by atoms with van der Waals surface area (Å²) in [5.41, 5.74) is 0. The summed E-state index contributed by atoms with van der Waals surface area (Å²) in [4.78, 5) is 13.4. The number of carbonyl (C=O) groups is 1. The van der Waals surface area contributed by atoms with Crippen LogP contribution in [-0.2, 0) is 46.5 Å². The van der Waals surface area contributed by atoms with E-state index in [9.17, 15) is 4.79 Å². The Hall–Kier alpha value is -0.473. The van der Waals surface area contributed by atoms with Crippen molar-refractivity contribution in [2.45, 2.75) is 58.5 Å². The first-order valence-electron chi connectivity index (χ1n) is 12.8. The van der Waals surface area contributed by atoms with Gasteiger partial charge in [-0.05, 0) is 12.8 Å². The molecule has 0 fully saturated rings. The largest absolute Gasteiger partial charge is 0.575 e. The van der Waals surface area contributed by atoms with Gasteiger partial charge in [-0.3, -0.25) is 4.79 Å². The molecule has 0 aliphatic rings. The first-order chi connectivity index (χ1) is 17.1. The van der Waals surface area contributed by atoms with E-state index in [0.29, 0.717) is 59.3 Å². The second kappa shape index (κ2) is 25.2. The van der Waals surface area contributed by atoms with E-state index in [4.69, 9.17) is 41.7 Å². The molecule has 0 rings (SSSR count). The van der Waals surface area contributed by atoms with Gasteiger partial charge in [0.2, 0.25) is 5.41 Å². The third-order valence-electron chi connectivity index (χ3n) is 5.06. The second-order valence-corrected chi connectivity index (χ2v) is 10.4. The van der Waals surface area contributed by atoms with Gasteiger partial charge in [-0.15, -0.1) is 0 Å². The Morgan fingerprint density at radius 2 is 1.20 bits per heavy atom. The van der Waals surface area contributed by atoms with E-state index in [2.05, 4.69) is 6.92 Å². The van der Waals surface area contributed by atoms with Crippen molar-refractivity contribution in [3.8, 4) is 0 Å². The molecular weight excluding hydrogens is 476 g/mol. The summed E-state index contributed by atoms with van der Waals surface area (Å²) in [6.07, 6.45) is 4.79. The van der Waals surface area contributed by atoms with Crippen molar-refractivity contribution in [3.05, 3.63) is 0 Å². The van der Waals surface area contributed by atoms with Crippen molar-refractivity contribution >= 4 is 14.2 Å². The standard InChI is InChI=1S/C24H50O10Si/c1-6-8-9-10-11-24(25)35(32-20-17-29-15-12-26-3,33-21-18-30-16-13-27-4)34-22-23(7-2)31-19-14-28-5/h23H,6-22H2,1-5H3. The fourth-order valence-corrected chi connectivity index (χ4v) is 5.30. The molecule has 210 valence electrons. The molecule has 1 unspecified atom stereocenters. The average Bonchev–Trinajstić information content (AvgIpc) is 2.87. The molecule has 11 heteroatoms. The van der Waals surface area contributed by atoms with Crippen LogP contribution in [-0.4, -0.2) is 114 Å². The van der Waals surface area contributed by atoms with Gasteiger partial charge in [-0.25, -0.2) is 0 Å². The lowest BCUT2D eigenvalue weighted by Gasteiger charge is -2.30. The first kappa shape index (κ1) is 34.5. The third kappa shape index (κ3) is 18.4. The SMILES string of the molecule is CCCCCCC(=O)[Si](OCCOCCOC)(OCCOCCOC)OCC(CC)OCCOC. The van der Waals surface area contributed by atoms with Gasteiger partial charge < -0.3 is 41.7 Å². The molecule has 0 spiro atoms. The topological polar surface area (TPSA) is 100 Å². The molecule has 0 N–H and O–H groups in total. The quantitative estimate of drug-likeness (QED) is 0.112. The normalized spacial score (nSPS) is 12.8. The summed E-state index contributed by atoms with van der Waals surface area (Å²) in [6.45, 7) is 8.11. The van der Waals surface area contributed by atoms with Gasteiger partial charge in [0.15, 0.2) is 0 Å². The van der Waals surface area contributed by atoms with E-state index in [0.717, 1.165) is 32.1 Å². The Balaban J connectivity index is 5.26. The Morgan fingerprint density at radius 1 is 0.657 bits per heavy atom. The maximum atomic E-state index is 13.4. The Morgan fingerprint density at radius 3 is 1.71 bits per heavy atom. The van der Waals surface area contributed by atoms with Crippen molar-refractivity contribution in [3.63, 3.8) is 0 Å². The van der Waals surface area contributed by atoms with Crippen LogP contribution in [0.3, 0.4) is 0 Å². The maximum Gasteiger partial charge on any atom is 0.575 e. The van der Waals surface area contributed by atoms with E-state index in [1.54, 1.807) is 21.3 Å². The highest BCUT2D eigenvalue weighted by atomic mass is 28.4. The van der Waals surface area contributed by atoms with Gasteiger partial charge in [0.1, 0.15) is 0 Å². The third-order valence-corrected chi connectivity index (χ3v) is 7.71. The summed E-state index contributed by atoms with van der Waals surface area (Å²) < 4.78 is 50.3. The Bertz CT molecular complexity index is 454. The highest BCUT2D eigenvalue weighted by Crippen LogP contribution is 2.18. The Kier molecular flexibility index (Phi) is 24.8. The highest BCUT2D eigenvalue weighted by Gasteiger charge is 2.50. The zero-order chi connectivity index (χ0) is 26.0. The van der Waals surface area contributed by atoms with Crippen LogP contribution in [0.1, 0.15) is 52.4 Å². The monoisotopic (exact) mass is 526 g/mol. The number of hydrogen-bond donors (Lipinski definition) is 0. The molecule has 35 heavy (non-hydrogen) atoms. The van der Waals surface area contributed by atoms with Crippen molar-refractivity contribution in [1.82, 2.24) is 0 Å². The van der Waals surface area contributed by atoms with Crippen molar-refractivity contribution in [2.24, 2.45) is 0 Å². The molecule has 0 saturated heterocycles. The summed E-state index contributed by atoms with van der Waals surface area (Å²) in [5.74, 6) is 0. The van der Waals surface area contributed by atoms with Gasteiger partial charge >= 0.3 is 8.80 Å². The van der Waals surface area contributed by atoms with Gasteiger partial charge in [0.05, 0.1) is 78.8 Å². The molecule has 0 amide bonds. The number of hydrogen-bond acceptors (Lipinski definition) is 10. The molecule has 0 saturated carbocycles. The molecule has 0 bridgehead atoms. The predicted molar refractivity (Wildman–Crippen MR) is 135 cm³/mol. The number of ether oxygens (including phenoxy) is 6. The van der Waals surface area contributed by atoms with Gasteiger partial charge in [0, 0.05) is 27.8 Å². The maximum absolute atomic E-state index is 13.4. The van der Waals surface area contributed by atoms with Crippen LogP contribution in [0, 0.1) is 0 Å². The smallest absolute Gasteiger partial charge is 0.382 e. The number of unbranched alkanes of at least 4 members (excludes halogenated alkanes) is 3. The molecule has 0 aromatic rings. The lowest BCUT2D eigenvalue weighted by atomic mass is 10.2. The molecule has 0 radical (unpaired) electrons. The van der Waals surface area contributed by atoms with E-state index in [1.807, 2.05) is 6.92 Å². The summed E-state index contributed by atoms with van der Waals surface area (Å²) in [5, 5.41) is -0.117. The van der Waals surface area contributed by atoms with Crippen LogP contribution in [0.4, 0.5) is 0 Å². The van der Waals surface area contributed by atoms with Crippen LogP contribution in [0.2, 0.25) is 0 Å². The molecule has 0 heterocycles. The zero-order valence-electron chi connectivity index (χ0n) is 22.7. The molecule has 0 aromatic carbocycles. The van der Waals surface area contributed by atoms with Crippen molar-refractivity contribution in [1.29, 1.82) is 0 Å². The van der Waals surface area contributed by atoms with Crippen LogP contribution >= 0.6 is 0 Å². The molecule has 0 aromatic heterocycles. The zero-order valence-corrected chi connectivity index (χ0v) is 23.7. The summed E-state index contributed by atoms with van der Waals surface area (Å²) in [7, 11) is 1.16. The van der Waals surface area contributed by atoms with Gasteiger partial charge in [-0.2, -0.15) is 0 Å². The van der Waals surface area contributed by atoms with Crippen LogP contribution in [0.15, 0.2) is 0 Å².